The lowest BCUT2D eigenvalue weighted by Crippen LogP contribution is -2.29. The van der Waals surface area contributed by atoms with Gasteiger partial charge in [-0.05, 0) is 31.5 Å². The van der Waals surface area contributed by atoms with Crippen LogP contribution in [0.15, 0.2) is 41.0 Å². The summed E-state index contributed by atoms with van der Waals surface area (Å²) < 4.78 is 4.95. The van der Waals surface area contributed by atoms with Crippen LogP contribution in [0.3, 0.4) is 0 Å². The Morgan fingerprint density at radius 2 is 2.00 bits per heavy atom. The van der Waals surface area contributed by atoms with Gasteiger partial charge in [0.15, 0.2) is 11.5 Å². The Bertz CT molecular complexity index is 600. The van der Waals surface area contributed by atoms with Gasteiger partial charge in [-0.1, -0.05) is 23.8 Å². The second-order valence-corrected chi connectivity index (χ2v) is 4.40. The number of benzene rings is 1. The minimum atomic E-state index is -0.386. The maximum atomic E-state index is 12.0. The molecular formula is C15H15NO3. The summed E-state index contributed by atoms with van der Waals surface area (Å²) in [6.07, 6.45) is 1.42. The topological polar surface area (TPSA) is 59.3 Å². The van der Waals surface area contributed by atoms with Gasteiger partial charge in [0.1, 0.15) is 0 Å². The average molecular weight is 257 g/mol. The fourth-order valence-corrected chi connectivity index (χ4v) is 1.88. The van der Waals surface area contributed by atoms with Crippen LogP contribution in [0.25, 0.3) is 0 Å². The molecule has 0 saturated heterocycles. The molecule has 19 heavy (non-hydrogen) atoms. The van der Waals surface area contributed by atoms with E-state index in [1.54, 1.807) is 18.2 Å². The van der Waals surface area contributed by atoms with Gasteiger partial charge in [0.2, 0.25) is 0 Å². The van der Waals surface area contributed by atoms with Crippen molar-refractivity contribution in [3.63, 3.8) is 0 Å². The molecule has 0 unspecified atom stereocenters. The number of Topliss-reactive ketones (excluding diaryl/α,β-unsaturated/α-hetero) is 1. The van der Waals surface area contributed by atoms with Gasteiger partial charge in [0.05, 0.1) is 12.8 Å². The number of ketones is 1. The third-order valence-corrected chi connectivity index (χ3v) is 2.84. The molecule has 1 aromatic heterocycles. The molecule has 4 heteroatoms. The molecule has 1 aromatic carbocycles. The van der Waals surface area contributed by atoms with Crippen LogP contribution >= 0.6 is 0 Å². The van der Waals surface area contributed by atoms with Gasteiger partial charge < -0.3 is 9.73 Å². The SMILES string of the molecule is Cc1ccc(C(=O)CNC(=O)c2ccco2)c(C)c1. The molecule has 0 bridgehead atoms. The fourth-order valence-electron chi connectivity index (χ4n) is 1.88. The highest BCUT2D eigenvalue weighted by Gasteiger charge is 2.13. The highest BCUT2D eigenvalue weighted by Crippen LogP contribution is 2.11. The van der Waals surface area contributed by atoms with Crippen molar-refractivity contribution in [3.8, 4) is 0 Å². The fraction of sp³-hybridized carbons (Fsp3) is 0.200. The molecule has 0 aliphatic heterocycles. The summed E-state index contributed by atoms with van der Waals surface area (Å²) in [5, 5.41) is 2.54. The average Bonchev–Trinajstić information content (AvgIpc) is 2.89. The van der Waals surface area contributed by atoms with E-state index in [0.29, 0.717) is 5.56 Å². The number of hydrogen-bond donors (Lipinski definition) is 1. The smallest absolute Gasteiger partial charge is 0.287 e. The minimum absolute atomic E-state index is 0.0383. The first-order valence-corrected chi connectivity index (χ1v) is 6.00. The second kappa shape index (κ2) is 5.52. The molecule has 0 atom stereocenters. The van der Waals surface area contributed by atoms with Crippen LogP contribution < -0.4 is 5.32 Å². The van der Waals surface area contributed by atoms with E-state index in [9.17, 15) is 9.59 Å². The van der Waals surface area contributed by atoms with Crippen LogP contribution in [0.5, 0.6) is 0 Å². The molecule has 0 fully saturated rings. The van der Waals surface area contributed by atoms with Crippen LogP contribution in [0.1, 0.15) is 32.0 Å². The molecule has 0 radical (unpaired) electrons. The van der Waals surface area contributed by atoms with Crippen LogP contribution in [-0.4, -0.2) is 18.2 Å². The second-order valence-electron chi connectivity index (χ2n) is 4.40. The van der Waals surface area contributed by atoms with Gasteiger partial charge >= 0.3 is 0 Å². The lowest BCUT2D eigenvalue weighted by molar-refractivity contribution is 0.0885. The first kappa shape index (κ1) is 13.1. The van der Waals surface area contributed by atoms with E-state index in [1.807, 2.05) is 26.0 Å². The molecular weight excluding hydrogens is 242 g/mol. The number of nitrogens with one attached hydrogen (secondary N) is 1. The van der Waals surface area contributed by atoms with E-state index in [1.165, 1.54) is 6.26 Å². The molecule has 0 spiro atoms. The van der Waals surface area contributed by atoms with Crippen molar-refractivity contribution in [1.82, 2.24) is 5.32 Å². The Kier molecular flexibility index (Phi) is 3.80. The number of aryl methyl sites for hydroxylation is 2. The first-order chi connectivity index (χ1) is 9.08. The molecule has 1 amide bonds. The third kappa shape index (κ3) is 3.10. The molecule has 4 nitrogen and oxygen atoms in total. The number of amides is 1. The number of furan rings is 1. The Balaban J connectivity index is 2.00. The van der Waals surface area contributed by atoms with Crippen molar-refractivity contribution in [2.24, 2.45) is 0 Å². The summed E-state index contributed by atoms with van der Waals surface area (Å²) in [5.41, 5.74) is 2.65. The summed E-state index contributed by atoms with van der Waals surface area (Å²) in [6, 6.07) is 8.79. The Morgan fingerprint density at radius 3 is 2.63 bits per heavy atom. The highest BCUT2D eigenvalue weighted by atomic mass is 16.3. The maximum absolute atomic E-state index is 12.0. The standard InChI is InChI=1S/C15H15NO3/c1-10-5-6-12(11(2)8-10)13(17)9-16-15(18)14-4-3-7-19-14/h3-8H,9H2,1-2H3,(H,16,18). The van der Waals surface area contributed by atoms with Gasteiger partial charge in [0, 0.05) is 5.56 Å². The van der Waals surface area contributed by atoms with Gasteiger partial charge in [-0.25, -0.2) is 0 Å². The molecule has 0 saturated carbocycles. The van der Waals surface area contributed by atoms with Crippen molar-refractivity contribution in [1.29, 1.82) is 0 Å². The van der Waals surface area contributed by atoms with Crippen LogP contribution in [0, 0.1) is 13.8 Å². The Labute approximate surface area is 111 Å². The normalized spacial score (nSPS) is 10.2. The highest BCUT2D eigenvalue weighted by molar-refractivity contribution is 6.02. The van der Waals surface area contributed by atoms with Gasteiger partial charge in [0.25, 0.3) is 5.91 Å². The predicted molar refractivity (Wildman–Crippen MR) is 71.3 cm³/mol. The predicted octanol–water partition coefficient (Wildman–Crippen LogP) is 2.51. The summed E-state index contributed by atoms with van der Waals surface area (Å²) in [5.74, 6) is -0.297. The van der Waals surface area contributed by atoms with Crippen molar-refractivity contribution >= 4 is 11.7 Å². The summed E-state index contributed by atoms with van der Waals surface area (Å²) in [4.78, 5) is 23.6. The third-order valence-electron chi connectivity index (χ3n) is 2.84. The Hall–Kier alpha value is -2.36. The van der Waals surface area contributed by atoms with Gasteiger partial charge in [-0.15, -0.1) is 0 Å². The van der Waals surface area contributed by atoms with E-state index in [-0.39, 0.29) is 24.0 Å². The van der Waals surface area contributed by atoms with E-state index in [2.05, 4.69) is 5.32 Å². The van der Waals surface area contributed by atoms with Crippen LogP contribution in [-0.2, 0) is 0 Å². The largest absolute Gasteiger partial charge is 0.459 e. The summed E-state index contributed by atoms with van der Waals surface area (Å²) in [7, 11) is 0. The number of hydrogen-bond acceptors (Lipinski definition) is 3. The molecule has 2 rings (SSSR count). The zero-order chi connectivity index (χ0) is 13.8. The quantitative estimate of drug-likeness (QED) is 0.856. The molecule has 1 N–H and O–H groups in total. The van der Waals surface area contributed by atoms with Crippen molar-refractivity contribution in [2.45, 2.75) is 13.8 Å². The van der Waals surface area contributed by atoms with Gasteiger partial charge in [-0.2, -0.15) is 0 Å². The van der Waals surface area contributed by atoms with Crippen LogP contribution in [0.2, 0.25) is 0 Å². The number of carbonyl (C=O) groups excluding carboxylic acids is 2. The molecule has 0 aliphatic carbocycles. The number of carbonyl (C=O) groups is 2. The van der Waals surface area contributed by atoms with E-state index >= 15 is 0 Å². The van der Waals surface area contributed by atoms with Crippen molar-refractivity contribution in [3.05, 3.63) is 59.0 Å². The number of rotatable bonds is 4. The molecule has 1 heterocycles. The lowest BCUT2D eigenvalue weighted by Gasteiger charge is -2.06. The lowest BCUT2D eigenvalue weighted by atomic mass is 10.0. The van der Waals surface area contributed by atoms with E-state index < -0.39 is 0 Å². The molecule has 98 valence electrons. The summed E-state index contributed by atoms with van der Waals surface area (Å²) in [6.45, 7) is 3.82. The van der Waals surface area contributed by atoms with E-state index in [0.717, 1.165) is 11.1 Å². The minimum Gasteiger partial charge on any atom is -0.459 e. The molecule has 0 aliphatic rings. The molecule has 2 aromatic rings. The zero-order valence-corrected chi connectivity index (χ0v) is 10.9. The van der Waals surface area contributed by atoms with Gasteiger partial charge in [-0.3, -0.25) is 9.59 Å². The van der Waals surface area contributed by atoms with Crippen molar-refractivity contribution in [2.75, 3.05) is 6.54 Å². The van der Waals surface area contributed by atoms with Crippen molar-refractivity contribution < 1.29 is 14.0 Å². The van der Waals surface area contributed by atoms with Crippen LogP contribution in [0.4, 0.5) is 0 Å². The zero-order valence-electron chi connectivity index (χ0n) is 10.9. The monoisotopic (exact) mass is 257 g/mol. The Morgan fingerprint density at radius 1 is 1.21 bits per heavy atom. The maximum Gasteiger partial charge on any atom is 0.287 e. The first-order valence-electron chi connectivity index (χ1n) is 6.00. The summed E-state index contributed by atoms with van der Waals surface area (Å²) >= 11 is 0. The van der Waals surface area contributed by atoms with E-state index in [4.69, 9.17) is 4.42 Å².